The second kappa shape index (κ2) is 6.80. The van der Waals surface area contributed by atoms with Crippen LogP contribution in [0.15, 0.2) is 65.6 Å². The van der Waals surface area contributed by atoms with Crippen LogP contribution < -0.4 is 10.3 Å². The smallest absolute Gasteiger partial charge is 0.344 e. The Balaban J connectivity index is 1.98. The summed E-state index contributed by atoms with van der Waals surface area (Å²) in [6.07, 6.45) is 1.23. The number of carboxylic acid groups (broad SMARTS) is 1. The van der Waals surface area contributed by atoms with E-state index in [2.05, 4.69) is 11.6 Å². The molecule has 154 valence electrons. The molecule has 0 fully saturated rings. The van der Waals surface area contributed by atoms with Gasteiger partial charge < -0.3 is 9.84 Å². The van der Waals surface area contributed by atoms with Gasteiger partial charge in [-0.1, -0.05) is 30.4 Å². The van der Waals surface area contributed by atoms with Gasteiger partial charge in [0.25, 0.3) is 5.56 Å². The predicted octanol–water partition coefficient (Wildman–Crippen LogP) is 4.56. The van der Waals surface area contributed by atoms with Crippen molar-refractivity contribution in [3.05, 3.63) is 76.7 Å². The monoisotopic (exact) mass is 412 g/mol. The Hall–Kier alpha value is -3.93. The Morgan fingerprint density at radius 1 is 1.16 bits per heavy atom. The van der Waals surface area contributed by atoms with Crippen molar-refractivity contribution >= 4 is 44.1 Å². The molecular weight excluding hydrogens is 392 g/mol. The average Bonchev–Trinajstić information content (AvgIpc) is 3.09. The van der Waals surface area contributed by atoms with E-state index in [4.69, 9.17) is 4.74 Å². The number of pyridine rings is 2. The van der Waals surface area contributed by atoms with E-state index in [-0.39, 0.29) is 5.56 Å². The Kier molecular flexibility index (Phi) is 4.18. The van der Waals surface area contributed by atoms with Crippen molar-refractivity contribution in [2.75, 3.05) is 0 Å². The van der Waals surface area contributed by atoms with Crippen LogP contribution in [0.3, 0.4) is 0 Å². The quantitative estimate of drug-likeness (QED) is 0.338. The van der Waals surface area contributed by atoms with Crippen molar-refractivity contribution in [2.24, 2.45) is 0 Å². The van der Waals surface area contributed by atoms with Crippen molar-refractivity contribution in [2.45, 2.75) is 26.4 Å². The molecule has 3 aromatic heterocycles. The topological polar surface area (TPSA) is 80.9 Å². The molecular formula is C25H20N2O4. The van der Waals surface area contributed by atoms with E-state index in [9.17, 15) is 14.7 Å². The summed E-state index contributed by atoms with van der Waals surface area (Å²) in [4.78, 5) is 29.4. The molecule has 31 heavy (non-hydrogen) atoms. The number of carbonyl (C=O) groups is 1. The molecule has 6 nitrogen and oxygen atoms in total. The fourth-order valence-corrected chi connectivity index (χ4v) is 4.34. The average molecular weight is 412 g/mol. The third-order valence-electron chi connectivity index (χ3n) is 5.65. The van der Waals surface area contributed by atoms with E-state index >= 15 is 0 Å². The molecule has 0 aliphatic heterocycles. The molecule has 0 radical (unpaired) electrons. The van der Waals surface area contributed by atoms with E-state index in [1.54, 1.807) is 16.7 Å². The van der Waals surface area contributed by atoms with Gasteiger partial charge in [0.1, 0.15) is 5.75 Å². The summed E-state index contributed by atoms with van der Waals surface area (Å²) in [5, 5.41) is 12.5. The lowest BCUT2D eigenvalue weighted by Gasteiger charge is -2.16. The molecule has 0 saturated carbocycles. The molecule has 5 rings (SSSR count). The number of hydrogen-bond acceptors (Lipinski definition) is 4. The van der Waals surface area contributed by atoms with Gasteiger partial charge in [-0.15, -0.1) is 0 Å². The fraction of sp³-hybridized carbons (Fsp3) is 0.160. The summed E-state index contributed by atoms with van der Waals surface area (Å²) in [6.45, 7) is 7.45. The van der Waals surface area contributed by atoms with Crippen LogP contribution in [0.1, 0.15) is 19.4 Å². The third kappa shape index (κ3) is 2.75. The van der Waals surface area contributed by atoms with Gasteiger partial charge in [-0.2, -0.15) is 0 Å². The summed E-state index contributed by atoms with van der Waals surface area (Å²) < 4.78 is 7.50. The van der Waals surface area contributed by atoms with Gasteiger partial charge in [-0.05, 0) is 44.5 Å². The van der Waals surface area contributed by atoms with Gasteiger partial charge >= 0.3 is 5.97 Å². The minimum atomic E-state index is -1.04. The molecule has 0 spiro atoms. The highest BCUT2D eigenvalue weighted by Crippen LogP contribution is 2.39. The SMILES string of the molecule is C=C(C)Cc1c(O[C@H](C)C(=O)O)ccc2c1c1ccnc3c4ccccc4c(=O)n2c13. The number of hydrogen-bond donors (Lipinski definition) is 1. The molecule has 6 heteroatoms. The van der Waals surface area contributed by atoms with E-state index < -0.39 is 12.1 Å². The predicted molar refractivity (Wildman–Crippen MR) is 121 cm³/mol. The maximum Gasteiger partial charge on any atom is 0.344 e. The summed E-state index contributed by atoms with van der Waals surface area (Å²) in [5.41, 5.74) is 3.87. The minimum Gasteiger partial charge on any atom is -0.479 e. The van der Waals surface area contributed by atoms with Crippen molar-refractivity contribution in [1.29, 1.82) is 0 Å². The molecule has 0 amide bonds. The largest absolute Gasteiger partial charge is 0.479 e. The fourth-order valence-electron chi connectivity index (χ4n) is 4.34. The van der Waals surface area contributed by atoms with E-state index in [0.29, 0.717) is 17.6 Å². The molecule has 1 N–H and O–H groups in total. The van der Waals surface area contributed by atoms with Crippen molar-refractivity contribution in [3.8, 4) is 5.75 Å². The normalized spacial score (nSPS) is 12.7. The first-order chi connectivity index (χ1) is 14.9. The van der Waals surface area contributed by atoms with E-state index in [0.717, 1.165) is 43.8 Å². The first kappa shape index (κ1) is 19.1. The summed E-state index contributed by atoms with van der Waals surface area (Å²) in [5.74, 6) is -0.564. The first-order valence-corrected chi connectivity index (χ1v) is 10.0. The zero-order chi connectivity index (χ0) is 21.9. The highest BCUT2D eigenvalue weighted by atomic mass is 16.5. The molecule has 2 aromatic carbocycles. The van der Waals surface area contributed by atoms with Crippen molar-refractivity contribution in [3.63, 3.8) is 0 Å². The zero-order valence-corrected chi connectivity index (χ0v) is 17.2. The highest BCUT2D eigenvalue weighted by Gasteiger charge is 2.23. The van der Waals surface area contributed by atoms with Gasteiger partial charge in [0, 0.05) is 33.3 Å². The Morgan fingerprint density at radius 2 is 1.90 bits per heavy atom. The molecule has 1 atom stereocenters. The van der Waals surface area contributed by atoms with E-state index in [1.165, 1.54) is 6.92 Å². The maximum absolute atomic E-state index is 13.5. The molecule has 0 aliphatic carbocycles. The Labute approximate surface area is 177 Å². The highest BCUT2D eigenvalue weighted by molar-refractivity contribution is 6.19. The second-order valence-corrected chi connectivity index (χ2v) is 7.91. The van der Waals surface area contributed by atoms with Gasteiger partial charge in [0.2, 0.25) is 0 Å². The molecule has 0 unspecified atom stereocenters. The molecule has 3 heterocycles. The number of aliphatic carboxylic acids is 1. The number of carboxylic acids is 1. The standard InChI is InChI=1S/C25H20N2O4/c1-13(2)12-18-20(31-14(3)25(29)30)9-8-19-21(18)17-10-11-26-22-15-6-4-5-7-16(15)24(28)27(19)23(17)22/h4-11,14H,1,12H2,2-3H3,(H,29,30)/t14-/m1/s1. The third-order valence-corrected chi connectivity index (χ3v) is 5.65. The summed E-state index contributed by atoms with van der Waals surface area (Å²) in [7, 11) is 0. The van der Waals surface area contributed by atoms with Crippen LogP contribution in [-0.2, 0) is 11.2 Å². The van der Waals surface area contributed by atoms with Gasteiger partial charge in [-0.25, -0.2) is 4.79 Å². The van der Waals surface area contributed by atoms with Crippen LogP contribution in [0.4, 0.5) is 0 Å². The molecule has 0 aliphatic rings. The van der Waals surface area contributed by atoms with Crippen LogP contribution >= 0.6 is 0 Å². The number of ether oxygens (including phenoxy) is 1. The lowest BCUT2D eigenvalue weighted by molar-refractivity contribution is -0.144. The molecule has 0 bridgehead atoms. The van der Waals surface area contributed by atoms with Gasteiger partial charge in [0.05, 0.1) is 16.6 Å². The summed E-state index contributed by atoms with van der Waals surface area (Å²) in [6, 6.07) is 12.9. The van der Waals surface area contributed by atoms with Crippen LogP contribution in [0.2, 0.25) is 0 Å². The molecule has 5 aromatic rings. The van der Waals surface area contributed by atoms with E-state index in [1.807, 2.05) is 43.3 Å². The lowest BCUT2D eigenvalue weighted by Crippen LogP contribution is -2.23. The maximum atomic E-state index is 13.5. The van der Waals surface area contributed by atoms with Crippen LogP contribution in [-0.4, -0.2) is 26.6 Å². The minimum absolute atomic E-state index is 0.107. The zero-order valence-electron chi connectivity index (χ0n) is 17.2. The number of nitrogens with zero attached hydrogens (tertiary/aromatic N) is 2. The van der Waals surface area contributed by atoms with Crippen LogP contribution in [0.25, 0.3) is 38.1 Å². The Bertz CT molecular complexity index is 1580. The number of benzene rings is 2. The Morgan fingerprint density at radius 3 is 2.61 bits per heavy atom. The number of fused-ring (bicyclic) bond motifs is 5. The number of allylic oxidation sites excluding steroid dienone is 1. The summed E-state index contributed by atoms with van der Waals surface area (Å²) >= 11 is 0. The van der Waals surface area contributed by atoms with Gasteiger partial charge in [0.15, 0.2) is 6.10 Å². The second-order valence-electron chi connectivity index (χ2n) is 7.91. The van der Waals surface area contributed by atoms with Crippen molar-refractivity contribution in [1.82, 2.24) is 9.38 Å². The number of rotatable bonds is 5. The van der Waals surface area contributed by atoms with Gasteiger partial charge in [-0.3, -0.25) is 14.2 Å². The van der Waals surface area contributed by atoms with Crippen molar-refractivity contribution < 1.29 is 14.6 Å². The first-order valence-electron chi connectivity index (χ1n) is 10.0. The number of aromatic nitrogens is 2. The molecule has 0 saturated heterocycles. The van der Waals surface area contributed by atoms with Crippen LogP contribution in [0.5, 0.6) is 5.75 Å². The lowest BCUT2D eigenvalue weighted by atomic mass is 9.99. The van der Waals surface area contributed by atoms with Crippen LogP contribution in [0, 0.1) is 0 Å².